The number of aromatic nitrogens is 4. The van der Waals surface area contributed by atoms with Gasteiger partial charge in [-0.05, 0) is 61.4 Å². The highest BCUT2D eigenvalue weighted by atomic mass is 16.5. The largest absolute Gasteiger partial charge is 0.457 e. The van der Waals surface area contributed by atoms with Gasteiger partial charge in [-0.1, -0.05) is 17.7 Å². The molecule has 3 heterocycles. The quantitative estimate of drug-likeness (QED) is 0.319. The molecule has 0 radical (unpaired) electrons. The molecular weight excluding hydrogens is 452 g/mol. The number of pyridine rings is 2. The van der Waals surface area contributed by atoms with E-state index in [0.29, 0.717) is 23.7 Å². The molecule has 0 aliphatic heterocycles. The van der Waals surface area contributed by atoms with Crippen molar-refractivity contribution in [1.82, 2.24) is 24.8 Å². The number of carbonyl (C=O) groups is 1. The van der Waals surface area contributed by atoms with Gasteiger partial charge in [0, 0.05) is 50.0 Å². The lowest BCUT2D eigenvalue weighted by molar-refractivity contribution is 0.0949. The highest BCUT2D eigenvalue weighted by Crippen LogP contribution is 2.28. The molecule has 0 bridgehead atoms. The zero-order chi connectivity index (χ0) is 24.9. The summed E-state index contributed by atoms with van der Waals surface area (Å²) in [5.41, 5.74) is 5.35. The molecule has 8 heteroatoms. The summed E-state index contributed by atoms with van der Waals surface area (Å²) in [7, 11) is 1.97. The van der Waals surface area contributed by atoms with E-state index in [1.54, 1.807) is 30.7 Å². The minimum absolute atomic E-state index is 0.249. The maximum Gasteiger partial charge on any atom is 0.270 e. The third kappa shape index (κ3) is 5.33. The summed E-state index contributed by atoms with van der Waals surface area (Å²) in [5, 5.41) is 6.26. The molecule has 0 saturated carbocycles. The fourth-order valence-electron chi connectivity index (χ4n) is 3.82. The van der Waals surface area contributed by atoms with Crippen LogP contribution in [0.5, 0.6) is 11.5 Å². The predicted octanol–water partition coefficient (Wildman–Crippen LogP) is 5.18. The standard InChI is InChI=1S/C28H26N6O2/c1-19-3-5-21(6-4-19)32-28-33-24-17-22(7-8-26(24)34(28)2)36-23-12-16-30-25(18-23)27(35)31-15-11-20-9-13-29-14-10-20/h3-10,12-14,16-18H,11,15H2,1-2H3,(H,31,35)(H,32,33). The van der Waals surface area contributed by atoms with Crippen LogP contribution in [0.25, 0.3) is 11.0 Å². The maximum absolute atomic E-state index is 12.6. The Labute approximate surface area is 209 Å². The van der Waals surface area contributed by atoms with Crippen LogP contribution in [0.1, 0.15) is 21.6 Å². The number of hydrogen-bond acceptors (Lipinski definition) is 6. The fraction of sp³-hybridized carbons (Fsp3) is 0.143. The molecule has 180 valence electrons. The van der Waals surface area contributed by atoms with Crippen LogP contribution >= 0.6 is 0 Å². The lowest BCUT2D eigenvalue weighted by Gasteiger charge is -2.08. The van der Waals surface area contributed by atoms with Gasteiger partial charge < -0.3 is 19.9 Å². The van der Waals surface area contributed by atoms with Crippen LogP contribution in [0.15, 0.2) is 85.3 Å². The van der Waals surface area contributed by atoms with Gasteiger partial charge in [0.25, 0.3) is 5.91 Å². The molecule has 0 spiro atoms. The monoisotopic (exact) mass is 478 g/mol. The van der Waals surface area contributed by atoms with E-state index in [2.05, 4.69) is 39.7 Å². The van der Waals surface area contributed by atoms with E-state index in [-0.39, 0.29) is 5.91 Å². The lowest BCUT2D eigenvalue weighted by atomic mass is 10.2. The number of hydrogen-bond donors (Lipinski definition) is 2. The zero-order valence-corrected chi connectivity index (χ0v) is 20.1. The second-order valence-corrected chi connectivity index (χ2v) is 8.48. The van der Waals surface area contributed by atoms with E-state index in [1.165, 1.54) is 5.56 Å². The summed E-state index contributed by atoms with van der Waals surface area (Å²) < 4.78 is 8.03. The first kappa shape index (κ1) is 23.0. The van der Waals surface area contributed by atoms with Gasteiger partial charge in [-0.25, -0.2) is 4.98 Å². The van der Waals surface area contributed by atoms with Crippen molar-refractivity contribution in [1.29, 1.82) is 0 Å². The number of benzene rings is 2. The lowest BCUT2D eigenvalue weighted by Crippen LogP contribution is -2.26. The van der Waals surface area contributed by atoms with Crippen molar-refractivity contribution < 1.29 is 9.53 Å². The molecule has 0 atom stereocenters. The van der Waals surface area contributed by atoms with E-state index in [1.807, 2.05) is 54.1 Å². The summed E-state index contributed by atoms with van der Waals surface area (Å²) >= 11 is 0. The van der Waals surface area contributed by atoms with Crippen LogP contribution in [0.2, 0.25) is 0 Å². The Morgan fingerprint density at radius 2 is 1.72 bits per heavy atom. The number of amides is 1. The number of aryl methyl sites for hydroxylation is 2. The minimum Gasteiger partial charge on any atom is -0.457 e. The van der Waals surface area contributed by atoms with E-state index in [4.69, 9.17) is 9.72 Å². The van der Waals surface area contributed by atoms with Crippen molar-refractivity contribution in [2.45, 2.75) is 13.3 Å². The molecule has 1 amide bonds. The normalized spacial score (nSPS) is 10.8. The van der Waals surface area contributed by atoms with Crippen molar-refractivity contribution in [3.05, 3.63) is 102 Å². The second kappa shape index (κ2) is 10.3. The van der Waals surface area contributed by atoms with E-state index in [0.717, 1.165) is 34.7 Å². The molecule has 3 aromatic heterocycles. The fourth-order valence-corrected chi connectivity index (χ4v) is 3.82. The van der Waals surface area contributed by atoms with Crippen LogP contribution in [0.4, 0.5) is 11.6 Å². The number of nitrogens with one attached hydrogen (secondary N) is 2. The summed E-state index contributed by atoms with van der Waals surface area (Å²) in [6.07, 6.45) is 5.76. The van der Waals surface area contributed by atoms with Gasteiger partial charge in [-0.2, -0.15) is 0 Å². The minimum atomic E-state index is -0.249. The van der Waals surface area contributed by atoms with Crippen LogP contribution < -0.4 is 15.4 Å². The van der Waals surface area contributed by atoms with Crippen molar-refractivity contribution in [3.63, 3.8) is 0 Å². The third-order valence-corrected chi connectivity index (χ3v) is 5.81. The Morgan fingerprint density at radius 3 is 2.53 bits per heavy atom. The molecule has 2 aromatic carbocycles. The summed E-state index contributed by atoms with van der Waals surface area (Å²) in [5.74, 6) is 1.64. The Balaban J connectivity index is 1.26. The molecule has 0 unspecified atom stereocenters. The van der Waals surface area contributed by atoms with Gasteiger partial charge in [-0.15, -0.1) is 0 Å². The highest BCUT2D eigenvalue weighted by Gasteiger charge is 2.12. The number of carbonyl (C=O) groups excluding carboxylic acids is 1. The Bertz CT molecular complexity index is 1500. The number of rotatable bonds is 8. The molecule has 0 fully saturated rings. The molecule has 36 heavy (non-hydrogen) atoms. The van der Waals surface area contributed by atoms with Crippen molar-refractivity contribution in [2.24, 2.45) is 7.05 Å². The molecule has 2 N–H and O–H groups in total. The number of imidazole rings is 1. The van der Waals surface area contributed by atoms with Gasteiger partial charge in [0.05, 0.1) is 11.0 Å². The summed E-state index contributed by atoms with van der Waals surface area (Å²) in [6, 6.07) is 21.1. The number of fused-ring (bicyclic) bond motifs is 1. The second-order valence-electron chi connectivity index (χ2n) is 8.48. The van der Waals surface area contributed by atoms with Gasteiger partial charge in [0.15, 0.2) is 0 Å². The molecular formula is C28H26N6O2. The zero-order valence-electron chi connectivity index (χ0n) is 20.1. The van der Waals surface area contributed by atoms with Crippen LogP contribution in [-0.2, 0) is 13.5 Å². The van der Waals surface area contributed by atoms with Gasteiger partial charge in [0.2, 0.25) is 5.95 Å². The SMILES string of the molecule is Cc1ccc(Nc2nc3cc(Oc4ccnc(C(=O)NCCc5ccncc5)c4)ccc3n2C)cc1. The Hall–Kier alpha value is -4.72. The smallest absolute Gasteiger partial charge is 0.270 e. The number of anilines is 2. The van der Waals surface area contributed by atoms with Crippen LogP contribution in [-0.4, -0.2) is 32.0 Å². The van der Waals surface area contributed by atoms with Gasteiger partial charge in [-0.3, -0.25) is 14.8 Å². The summed E-state index contributed by atoms with van der Waals surface area (Å²) in [4.78, 5) is 25.5. The third-order valence-electron chi connectivity index (χ3n) is 5.81. The molecule has 0 saturated heterocycles. The average molecular weight is 479 g/mol. The number of ether oxygens (including phenoxy) is 1. The van der Waals surface area contributed by atoms with Gasteiger partial charge >= 0.3 is 0 Å². The van der Waals surface area contributed by atoms with E-state index in [9.17, 15) is 4.79 Å². The first-order valence-corrected chi connectivity index (χ1v) is 11.7. The van der Waals surface area contributed by atoms with Crippen LogP contribution in [0.3, 0.4) is 0 Å². The summed E-state index contributed by atoms with van der Waals surface area (Å²) in [6.45, 7) is 2.56. The topological polar surface area (TPSA) is 94.0 Å². The Kier molecular flexibility index (Phi) is 6.57. The molecule has 0 aliphatic rings. The molecule has 5 aromatic rings. The van der Waals surface area contributed by atoms with Crippen molar-refractivity contribution in [2.75, 3.05) is 11.9 Å². The van der Waals surface area contributed by atoms with Crippen molar-refractivity contribution in [3.8, 4) is 11.5 Å². The predicted molar refractivity (Wildman–Crippen MR) is 140 cm³/mol. The Morgan fingerprint density at radius 1 is 0.944 bits per heavy atom. The van der Waals surface area contributed by atoms with Crippen LogP contribution in [0, 0.1) is 6.92 Å². The molecule has 5 rings (SSSR count). The van der Waals surface area contributed by atoms with Gasteiger partial charge in [0.1, 0.15) is 17.2 Å². The average Bonchev–Trinajstić information content (AvgIpc) is 3.20. The first-order valence-electron chi connectivity index (χ1n) is 11.7. The van der Waals surface area contributed by atoms with E-state index < -0.39 is 0 Å². The van der Waals surface area contributed by atoms with E-state index >= 15 is 0 Å². The van der Waals surface area contributed by atoms with Crippen molar-refractivity contribution >= 4 is 28.6 Å². The number of nitrogens with zero attached hydrogens (tertiary/aromatic N) is 4. The first-order chi connectivity index (χ1) is 17.5. The molecule has 0 aliphatic carbocycles. The highest BCUT2D eigenvalue weighted by molar-refractivity contribution is 5.92. The molecule has 8 nitrogen and oxygen atoms in total. The maximum atomic E-state index is 12.6.